The number of rotatable bonds is 3. The van der Waals surface area contributed by atoms with Crippen LogP contribution in [0.4, 0.5) is 11.5 Å². The van der Waals surface area contributed by atoms with Gasteiger partial charge in [-0.3, -0.25) is 10.6 Å². The van der Waals surface area contributed by atoms with Crippen LogP contribution in [-0.4, -0.2) is 10.9 Å². The summed E-state index contributed by atoms with van der Waals surface area (Å²) in [5.74, 6) is 5.67. The number of carbonyl (C=O) groups is 1. The monoisotopic (exact) mass is 242 g/mol. The maximum atomic E-state index is 12.0. The molecule has 5 nitrogen and oxygen atoms in total. The molecular formula is C13H14N4O. The number of amides is 1. The van der Waals surface area contributed by atoms with Crippen molar-refractivity contribution in [3.8, 4) is 0 Å². The fourth-order valence-corrected chi connectivity index (χ4v) is 1.59. The van der Waals surface area contributed by atoms with Crippen molar-refractivity contribution >= 4 is 17.4 Å². The summed E-state index contributed by atoms with van der Waals surface area (Å²) in [6, 6.07) is 10.6. The molecule has 1 heterocycles. The van der Waals surface area contributed by atoms with E-state index in [9.17, 15) is 4.79 Å². The molecular weight excluding hydrogens is 228 g/mol. The van der Waals surface area contributed by atoms with Crippen LogP contribution in [0.2, 0.25) is 0 Å². The lowest BCUT2D eigenvalue weighted by atomic mass is 10.1. The Morgan fingerprint density at radius 1 is 1.28 bits per heavy atom. The molecule has 0 saturated heterocycles. The van der Waals surface area contributed by atoms with Gasteiger partial charge in [0.05, 0.1) is 5.69 Å². The van der Waals surface area contributed by atoms with Crippen LogP contribution < -0.4 is 16.6 Å². The second-order valence-electron chi connectivity index (χ2n) is 3.84. The first-order valence-electron chi connectivity index (χ1n) is 5.50. The molecule has 1 amide bonds. The second-order valence-corrected chi connectivity index (χ2v) is 3.84. The summed E-state index contributed by atoms with van der Waals surface area (Å²) in [5, 5.41) is 2.72. The normalized spacial score (nSPS) is 9.89. The van der Waals surface area contributed by atoms with E-state index in [1.54, 1.807) is 36.5 Å². The van der Waals surface area contributed by atoms with E-state index >= 15 is 0 Å². The van der Waals surface area contributed by atoms with E-state index in [-0.39, 0.29) is 5.91 Å². The summed E-state index contributed by atoms with van der Waals surface area (Å²) in [6.45, 7) is 1.88. The highest BCUT2D eigenvalue weighted by Crippen LogP contribution is 2.16. The largest absolute Gasteiger partial charge is 0.324 e. The molecule has 0 aliphatic rings. The molecule has 1 aromatic heterocycles. The van der Waals surface area contributed by atoms with Crippen molar-refractivity contribution < 1.29 is 4.79 Å². The van der Waals surface area contributed by atoms with Gasteiger partial charge in [0.1, 0.15) is 5.82 Å². The quantitative estimate of drug-likeness (QED) is 0.567. The van der Waals surface area contributed by atoms with E-state index in [0.29, 0.717) is 11.4 Å². The third-order valence-electron chi connectivity index (χ3n) is 2.55. The molecule has 0 fully saturated rings. The van der Waals surface area contributed by atoms with Gasteiger partial charge in [0, 0.05) is 11.8 Å². The number of nitrogens with one attached hydrogen (secondary N) is 2. The van der Waals surface area contributed by atoms with E-state index in [1.165, 1.54) is 0 Å². The van der Waals surface area contributed by atoms with Gasteiger partial charge in [-0.25, -0.2) is 4.98 Å². The average molecular weight is 242 g/mol. The number of aromatic nitrogens is 1. The first kappa shape index (κ1) is 12.1. The van der Waals surface area contributed by atoms with E-state index in [2.05, 4.69) is 15.7 Å². The van der Waals surface area contributed by atoms with Crippen molar-refractivity contribution in [2.45, 2.75) is 6.92 Å². The van der Waals surface area contributed by atoms with E-state index < -0.39 is 0 Å². The third kappa shape index (κ3) is 2.64. The van der Waals surface area contributed by atoms with Gasteiger partial charge in [-0.05, 0) is 42.8 Å². The molecule has 1 aromatic carbocycles. The maximum absolute atomic E-state index is 12.0. The third-order valence-corrected chi connectivity index (χ3v) is 2.55. The lowest BCUT2D eigenvalue weighted by molar-refractivity contribution is 0.102. The molecule has 0 bridgehead atoms. The Morgan fingerprint density at radius 3 is 2.72 bits per heavy atom. The minimum absolute atomic E-state index is 0.194. The van der Waals surface area contributed by atoms with Gasteiger partial charge < -0.3 is 10.7 Å². The smallest absolute Gasteiger partial charge is 0.256 e. The van der Waals surface area contributed by atoms with Gasteiger partial charge in [0.15, 0.2) is 0 Å². The average Bonchev–Trinajstić information content (AvgIpc) is 2.39. The number of nitrogens with zero attached hydrogens (tertiary/aromatic N) is 1. The summed E-state index contributed by atoms with van der Waals surface area (Å²) in [5.41, 5.74) is 4.84. The predicted molar refractivity (Wildman–Crippen MR) is 71.2 cm³/mol. The molecule has 92 valence electrons. The Morgan fingerprint density at radius 2 is 2.11 bits per heavy atom. The zero-order valence-corrected chi connectivity index (χ0v) is 9.97. The van der Waals surface area contributed by atoms with Gasteiger partial charge in [0.2, 0.25) is 0 Å². The summed E-state index contributed by atoms with van der Waals surface area (Å²) in [7, 11) is 0. The molecule has 0 aliphatic carbocycles. The molecule has 2 aromatic rings. The van der Waals surface area contributed by atoms with Crippen LogP contribution in [-0.2, 0) is 0 Å². The fourth-order valence-electron chi connectivity index (χ4n) is 1.59. The first-order chi connectivity index (χ1) is 8.70. The molecule has 2 rings (SSSR count). The summed E-state index contributed by atoms with van der Waals surface area (Å²) < 4.78 is 0. The zero-order chi connectivity index (χ0) is 13.0. The Bertz CT molecular complexity index is 554. The van der Waals surface area contributed by atoms with Crippen LogP contribution in [0.15, 0.2) is 42.6 Å². The van der Waals surface area contributed by atoms with Crippen molar-refractivity contribution in [2.75, 3.05) is 10.7 Å². The second kappa shape index (κ2) is 5.29. The van der Waals surface area contributed by atoms with Crippen LogP contribution in [0.5, 0.6) is 0 Å². The highest BCUT2D eigenvalue weighted by Gasteiger charge is 2.08. The predicted octanol–water partition coefficient (Wildman–Crippen LogP) is 1.93. The van der Waals surface area contributed by atoms with Crippen LogP contribution in [0, 0.1) is 6.92 Å². The van der Waals surface area contributed by atoms with Crippen LogP contribution in [0.3, 0.4) is 0 Å². The lowest BCUT2D eigenvalue weighted by Gasteiger charge is -2.08. The van der Waals surface area contributed by atoms with Gasteiger partial charge in [-0.1, -0.05) is 6.07 Å². The molecule has 0 aliphatic heterocycles. The minimum atomic E-state index is -0.194. The SMILES string of the molecule is Cc1cc(C(=O)Nc2ccccn2)ccc1NN. The summed E-state index contributed by atoms with van der Waals surface area (Å²) >= 11 is 0. The first-order valence-corrected chi connectivity index (χ1v) is 5.50. The molecule has 0 radical (unpaired) electrons. The number of hydrazine groups is 1. The Balaban J connectivity index is 2.17. The van der Waals surface area contributed by atoms with Crippen molar-refractivity contribution in [1.29, 1.82) is 0 Å². The molecule has 0 unspecified atom stereocenters. The maximum Gasteiger partial charge on any atom is 0.256 e. The molecule has 5 heteroatoms. The van der Waals surface area contributed by atoms with Gasteiger partial charge >= 0.3 is 0 Å². The van der Waals surface area contributed by atoms with E-state index in [0.717, 1.165) is 11.3 Å². The number of hydrogen-bond acceptors (Lipinski definition) is 4. The van der Waals surface area contributed by atoms with Crippen molar-refractivity contribution in [3.05, 3.63) is 53.7 Å². The number of nitrogen functional groups attached to an aromatic ring is 1. The Hall–Kier alpha value is -2.40. The number of pyridine rings is 1. The fraction of sp³-hybridized carbons (Fsp3) is 0.0769. The van der Waals surface area contributed by atoms with Gasteiger partial charge in [-0.2, -0.15) is 0 Å². The minimum Gasteiger partial charge on any atom is -0.324 e. The summed E-state index contributed by atoms with van der Waals surface area (Å²) in [4.78, 5) is 16.0. The van der Waals surface area contributed by atoms with Crippen molar-refractivity contribution in [1.82, 2.24) is 4.98 Å². The Kier molecular flexibility index (Phi) is 3.54. The van der Waals surface area contributed by atoms with E-state index in [4.69, 9.17) is 5.84 Å². The number of carbonyl (C=O) groups excluding carboxylic acids is 1. The summed E-state index contributed by atoms with van der Waals surface area (Å²) in [6.07, 6.45) is 1.63. The number of benzene rings is 1. The highest BCUT2D eigenvalue weighted by molar-refractivity contribution is 6.04. The van der Waals surface area contributed by atoms with Crippen LogP contribution >= 0.6 is 0 Å². The molecule has 18 heavy (non-hydrogen) atoms. The topological polar surface area (TPSA) is 80.0 Å². The highest BCUT2D eigenvalue weighted by atomic mass is 16.1. The number of nitrogens with two attached hydrogens (primary N) is 1. The number of aryl methyl sites for hydroxylation is 1. The van der Waals surface area contributed by atoms with Crippen molar-refractivity contribution in [3.63, 3.8) is 0 Å². The standard InChI is InChI=1S/C13H14N4O/c1-9-8-10(5-6-11(9)17-14)13(18)16-12-4-2-3-7-15-12/h2-8,17H,14H2,1H3,(H,15,16,18). The zero-order valence-electron chi connectivity index (χ0n) is 9.97. The van der Waals surface area contributed by atoms with Crippen molar-refractivity contribution in [2.24, 2.45) is 5.84 Å². The van der Waals surface area contributed by atoms with Crippen LogP contribution in [0.25, 0.3) is 0 Å². The molecule has 0 saturated carbocycles. The number of hydrogen-bond donors (Lipinski definition) is 3. The molecule has 4 N–H and O–H groups in total. The Labute approximate surface area is 105 Å². The van der Waals surface area contributed by atoms with Crippen LogP contribution in [0.1, 0.15) is 15.9 Å². The molecule has 0 spiro atoms. The van der Waals surface area contributed by atoms with E-state index in [1.807, 2.05) is 13.0 Å². The number of anilines is 2. The molecule has 0 atom stereocenters. The lowest BCUT2D eigenvalue weighted by Crippen LogP contribution is -2.14. The van der Waals surface area contributed by atoms with Gasteiger partial charge in [-0.15, -0.1) is 0 Å². The van der Waals surface area contributed by atoms with Gasteiger partial charge in [0.25, 0.3) is 5.91 Å².